The third kappa shape index (κ3) is 7.05. The molecule has 96 valence electrons. The molecule has 0 amide bonds. The molecule has 0 aromatic rings. The third-order valence-corrected chi connectivity index (χ3v) is 3.39. The number of hydrogen-bond donors (Lipinski definition) is 1. The van der Waals surface area contributed by atoms with Crippen molar-refractivity contribution in [2.45, 2.75) is 66.8 Å². The maximum absolute atomic E-state index is 4.03. The van der Waals surface area contributed by atoms with E-state index in [0.29, 0.717) is 11.5 Å². The monoisotopic (exact) mass is 225 g/mol. The molecule has 0 heterocycles. The fourth-order valence-electron chi connectivity index (χ4n) is 1.79. The summed E-state index contributed by atoms with van der Waals surface area (Å²) in [6.45, 7) is 18.8. The summed E-state index contributed by atoms with van der Waals surface area (Å²) >= 11 is 0. The van der Waals surface area contributed by atoms with Crippen molar-refractivity contribution in [2.75, 3.05) is 6.54 Å². The summed E-state index contributed by atoms with van der Waals surface area (Å²) in [4.78, 5) is 0. The van der Waals surface area contributed by atoms with Gasteiger partial charge in [-0.05, 0) is 44.1 Å². The molecule has 1 N–H and O–H groups in total. The summed E-state index contributed by atoms with van der Waals surface area (Å²) in [5.74, 6) is 0.737. The second-order valence-corrected chi connectivity index (χ2v) is 6.32. The third-order valence-electron chi connectivity index (χ3n) is 3.39. The van der Waals surface area contributed by atoms with Crippen LogP contribution in [0.15, 0.2) is 12.2 Å². The molecule has 0 fully saturated rings. The van der Waals surface area contributed by atoms with Crippen LogP contribution in [-0.2, 0) is 0 Å². The maximum atomic E-state index is 4.03. The fraction of sp³-hybridized carbons (Fsp3) is 0.867. The molecule has 16 heavy (non-hydrogen) atoms. The van der Waals surface area contributed by atoms with Crippen LogP contribution in [0.5, 0.6) is 0 Å². The van der Waals surface area contributed by atoms with E-state index in [0.717, 1.165) is 18.9 Å². The second kappa shape index (κ2) is 7.11. The number of hydrogen-bond acceptors (Lipinski definition) is 1. The van der Waals surface area contributed by atoms with E-state index in [1.807, 2.05) is 0 Å². The van der Waals surface area contributed by atoms with Gasteiger partial charge >= 0.3 is 0 Å². The molecule has 0 aliphatic heterocycles. The highest BCUT2D eigenvalue weighted by molar-refractivity contribution is 4.93. The van der Waals surface area contributed by atoms with Gasteiger partial charge in [0, 0.05) is 6.04 Å². The fourth-order valence-corrected chi connectivity index (χ4v) is 1.79. The predicted molar refractivity (Wildman–Crippen MR) is 74.7 cm³/mol. The van der Waals surface area contributed by atoms with Gasteiger partial charge in [0.2, 0.25) is 0 Å². The molecule has 0 radical (unpaired) electrons. The van der Waals surface area contributed by atoms with Crippen LogP contribution in [0.3, 0.4) is 0 Å². The molecule has 2 atom stereocenters. The van der Waals surface area contributed by atoms with Crippen LogP contribution in [-0.4, -0.2) is 12.6 Å². The minimum atomic E-state index is 0.404. The van der Waals surface area contributed by atoms with Crippen LogP contribution in [0, 0.1) is 11.3 Å². The van der Waals surface area contributed by atoms with Gasteiger partial charge in [-0.15, -0.1) is 6.58 Å². The van der Waals surface area contributed by atoms with Crippen molar-refractivity contribution in [1.29, 1.82) is 0 Å². The van der Waals surface area contributed by atoms with E-state index in [2.05, 4.69) is 53.4 Å². The first kappa shape index (κ1) is 15.7. The molecule has 0 rings (SSSR count). The average molecular weight is 225 g/mol. The summed E-state index contributed by atoms with van der Waals surface area (Å²) < 4.78 is 0. The molecular weight excluding hydrogens is 194 g/mol. The lowest BCUT2D eigenvalue weighted by atomic mass is 9.78. The maximum Gasteiger partial charge on any atom is 0.0107 e. The molecule has 1 heteroatoms. The minimum Gasteiger partial charge on any atom is -0.314 e. The molecular formula is C15H31N. The Morgan fingerprint density at radius 3 is 2.25 bits per heavy atom. The van der Waals surface area contributed by atoms with Crippen molar-refractivity contribution in [1.82, 2.24) is 5.32 Å². The molecule has 0 spiro atoms. The van der Waals surface area contributed by atoms with Gasteiger partial charge in [0.25, 0.3) is 0 Å². The first-order valence-corrected chi connectivity index (χ1v) is 6.65. The summed E-state index contributed by atoms with van der Waals surface area (Å²) in [6.07, 6.45) is 3.56. The van der Waals surface area contributed by atoms with Crippen molar-refractivity contribution in [3.63, 3.8) is 0 Å². The zero-order chi connectivity index (χ0) is 12.8. The van der Waals surface area contributed by atoms with Gasteiger partial charge in [0.1, 0.15) is 0 Å². The van der Waals surface area contributed by atoms with Gasteiger partial charge in [-0.3, -0.25) is 0 Å². The Kier molecular flexibility index (Phi) is 6.98. The summed E-state index contributed by atoms with van der Waals surface area (Å²) in [5.41, 5.74) is 1.69. The molecule has 0 aliphatic rings. The molecule has 2 unspecified atom stereocenters. The van der Waals surface area contributed by atoms with E-state index in [1.54, 1.807) is 0 Å². The van der Waals surface area contributed by atoms with Gasteiger partial charge < -0.3 is 5.32 Å². The van der Waals surface area contributed by atoms with E-state index in [9.17, 15) is 0 Å². The topological polar surface area (TPSA) is 12.0 Å². The first-order valence-electron chi connectivity index (χ1n) is 6.65. The van der Waals surface area contributed by atoms with Crippen molar-refractivity contribution < 1.29 is 0 Å². The van der Waals surface area contributed by atoms with Crippen LogP contribution in [0.4, 0.5) is 0 Å². The second-order valence-electron chi connectivity index (χ2n) is 6.32. The molecule has 0 saturated carbocycles. The van der Waals surface area contributed by atoms with Crippen LogP contribution in [0.1, 0.15) is 60.8 Å². The lowest BCUT2D eigenvalue weighted by Gasteiger charge is -2.31. The lowest BCUT2D eigenvalue weighted by molar-refractivity contribution is 0.222. The molecule has 0 saturated heterocycles. The standard InChI is InChI=1S/C15H31N/c1-8-9-16-14(10-12(2)3)11-13(4)15(5,6)7/h13-14,16H,2,8-11H2,1,3-7H3. The Labute approximate surface area is 103 Å². The van der Waals surface area contributed by atoms with Gasteiger partial charge in [-0.2, -0.15) is 0 Å². The van der Waals surface area contributed by atoms with Crippen LogP contribution in [0.25, 0.3) is 0 Å². The van der Waals surface area contributed by atoms with Gasteiger partial charge in [0.15, 0.2) is 0 Å². The predicted octanol–water partition coefficient (Wildman–Crippen LogP) is 4.39. The van der Waals surface area contributed by atoms with Gasteiger partial charge in [-0.25, -0.2) is 0 Å². The first-order chi connectivity index (χ1) is 7.27. The van der Waals surface area contributed by atoms with Crippen molar-refractivity contribution in [2.24, 2.45) is 11.3 Å². The lowest BCUT2D eigenvalue weighted by Crippen LogP contribution is -2.34. The van der Waals surface area contributed by atoms with Crippen molar-refractivity contribution in [3.8, 4) is 0 Å². The Morgan fingerprint density at radius 1 is 1.31 bits per heavy atom. The molecule has 1 nitrogen and oxygen atoms in total. The van der Waals surface area contributed by atoms with E-state index in [4.69, 9.17) is 0 Å². The molecule has 0 aliphatic carbocycles. The van der Waals surface area contributed by atoms with Crippen LogP contribution < -0.4 is 5.32 Å². The highest BCUT2D eigenvalue weighted by atomic mass is 14.9. The van der Waals surface area contributed by atoms with Crippen molar-refractivity contribution in [3.05, 3.63) is 12.2 Å². The Hall–Kier alpha value is -0.300. The largest absolute Gasteiger partial charge is 0.314 e. The van der Waals surface area contributed by atoms with Crippen molar-refractivity contribution >= 4 is 0 Å². The van der Waals surface area contributed by atoms with Crippen LogP contribution >= 0.6 is 0 Å². The Morgan fingerprint density at radius 2 is 1.88 bits per heavy atom. The van der Waals surface area contributed by atoms with E-state index < -0.39 is 0 Å². The van der Waals surface area contributed by atoms with Gasteiger partial charge in [0.05, 0.1) is 0 Å². The van der Waals surface area contributed by atoms with Gasteiger partial charge in [-0.1, -0.05) is 40.2 Å². The van der Waals surface area contributed by atoms with E-state index in [-0.39, 0.29) is 0 Å². The quantitative estimate of drug-likeness (QED) is 0.634. The smallest absolute Gasteiger partial charge is 0.0107 e. The summed E-state index contributed by atoms with van der Waals surface area (Å²) in [6, 6.07) is 0.603. The SMILES string of the molecule is C=C(C)CC(CC(C)C(C)(C)C)NCCC. The average Bonchev–Trinajstić information content (AvgIpc) is 2.11. The zero-order valence-corrected chi connectivity index (χ0v) is 12.2. The zero-order valence-electron chi connectivity index (χ0n) is 12.2. The summed E-state index contributed by atoms with van der Waals surface area (Å²) in [5, 5.41) is 3.64. The highest BCUT2D eigenvalue weighted by Gasteiger charge is 2.23. The molecule has 0 bridgehead atoms. The normalized spacial score (nSPS) is 15.9. The molecule has 0 aromatic carbocycles. The minimum absolute atomic E-state index is 0.404. The molecule has 0 aromatic heterocycles. The van der Waals surface area contributed by atoms with Crippen LogP contribution in [0.2, 0.25) is 0 Å². The van der Waals surface area contributed by atoms with E-state index in [1.165, 1.54) is 18.4 Å². The van der Waals surface area contributed by atoms with E-state index >= 15 is 0 Å². The number of rotatable bonds is 7. The Bertz CT molecular complexity index is 200. The summed E-state index contributed by atoms with van der Waals surface area (Å²) in [7, 11) is 0. The number of nitrogens with one attached hydrogen (secondary N) is 1. The Balaban J connectivity index is 4.24. The highest BCUT2D eigenvalue weighted by Crippen LogP contribution is 2.30.